The predicted molar refractivity (Wildman–Crippen MR) is 91.2 cm³/mol. The van der Waals surface area contributed by atoms with Gasteiger partial charge in [0.05, 0.1) is 12.0 Å². The molecule has 0 radical (unpaired) electrons. The van der Waals surface area contributed by atoms with Crippen molar-refractivity contribution in [1.29, 1.82) is 10.5 Å². The number of imidazole rings is 1. The number of nitrogens with zero attached hydrogens (tertiary/aromatic N) is 4. The third kappa shape index (κ3) is 2.45. The summed E-state index contributed by atoms with van der Waals surface area (Å²) in [4.78, 5) is 18.3. The molecule has 116 valence electrons. The zero-order chi connectivity index (χ0) is 17.3. The molecule has 0 amide bonds. The minimum Gasteiger partial charge on any atom is -0.384 e. The van der Waals surface area contributed by atoms with Crippen LogP contribution in [0.1, 0.15) is 11.1 Å². The summed E-state index contributed by atoms with van der Waals surface area (Å²) in [6.07, 6.45) is 5.08. The van der Waals surface area contributed by atoms with Crippen molar-refractivity contribution in [2.24, 2.45) is 0 Å². The number of halogens is 1. The number of nitriles is 2. The van der Waals surface area contributed by atoms with Crippen LogP contribution in [0.2, 0.25) is 0 Å². The molecule has 3 N–H and O–H groups in total. The number of anilines is 1. The summed E-state index contributed by atoms with van der Waals surface area (Å²) >= 11 is 3.46. The van der Waals surface area contributed by atoms with E-state index < -0.39 is 5.56 Å². The largest absolute Gasteiger partial charge is 0.384 e. The van der Waals surface area contributed by atoms with Gasteiger partial charge in [-0.05, 0) is 33.6 Å². The van der Waals surface area contributed by atoms with Crippen molar-refractivity contribution in [1.82, 2.24) is 14.5 Å². The molecule has 0 aliphatic carbocycles. The summed E-state index contributed by atoms with van der Waals surface area (Å²) in [5.74, 6) is -0.0636. The van der Waals surface area contributed by atoms with Crippen LogP contribution in [0.3, 0.4) is 0 Å². The summed E-state index contributed by atoms with van der Waals surface area (Å²) in [7, 11) is 0. The Morgan fingerprint density at radius 3 is 2.58 bits per heavy atom. The molecule has 0 fully saturated rings. The lowest BCUT2D eigenvalue weighted by Crippen LogP contribution is -2.16. The van der Waals surface area contributed by atoms with Gasteiger partial charge in [0.15, 0.2) is 0 Å². The van der Waals surface area contributed by atoms with Gasteiger partial charge in [-0.25, -0.2) is 4.98 Å². The molecular weight excluding hydrogens is 372 g/mol. The number of nitrogen functional groups attached to an aromatic ring is 1. The van der Waals surface area contributed by atoms with Gasteiger partial charge in [0.25, 0.3) is 5.56 Å². The fourth-order valence-electron chi connectivity index (χ4n) is 2.41. The van der Waals surface area contributed by atoms with Crippen molar-refractivity contribution in [3.63, 3.8) is 0 Å². The maximum absolute atomic E-state index is 12.0. The Balaban J connectivity index is 2.28. The minimum absolute atomic E-state index is 0.0634. The topological polar surface area (TPSA) is 124 Å². The second-order valence-electron chi connectivity index (χ2n) is 4.85. The van der Waals surface area contributed by atoms with Crippen molar-refractivity contribution < 1.29 is 0 Å². The monoisotopic (exact) mass is 380 g/mol. The molecule has 7 nitrogen and oxygen atoms in total. The van der Waals surface area contributed by atoms with Gasteiger partial charge in [0.2, 0.25) is 0 Å². The highest BCUT2D eigenvalue weighted by Gasteiger charge is 2.18. The number of benzene rings is 1. The molecule has 0 saturated carbocycles. The first kappa shape index (κ1) is 15.5. The molecule has 2 aromatic heterocycles. The molecule has 2 heterocycles. The number of hydrogen-bond donors (Lipinski definition) is 2. The number of nitrogens with two attached hydrogens (primary N) is 1. The van der Waals surface area contributed by atoms with E-state index in [9.17, 15) is 15.3 Å². The quantitative estimate of drug-likeness (QED) is 0.705. The normalized spacial score (nSPS) is 10.1. The van der Waals surface area contributed by atoms with Crippen molar-refractivity contribution in [2.75, 3.05) is 5.73 Å². The van der Waals surface area contributed by atoms with E-state index in [-0.39, 0.29) is 22.5 Å². The molecule has 8 heteroatoms. The summed E-state index contributed by atoms with van der Waals surface area (Å²) in [6.45, 7) is 0. The number of pyridine rings is 1. The molecule has 3 rings (SSSR count). The van der Waals surface area contributed by atoms with Crippen LogP contribution in [0.25, 0.3) is 16.8 Å². The Morgan fingerprint density at radius 1 is 1.25 bits per heavy atom. The average Bonchev–Trinajstić information content (AvgIpc) is 3.08. The van der Waals surface area contributed by atoms with Crippen LogP contribution in [0, 0.1) is 22.7 Å². The van der Waals surface area contributed by atoms with E-state index in [1.54, 1.807) is 41.5 Å². The van der Waals surface area contributed by atoms with E-state index in [4.69, 9.17) is 5.73 Å². The third-order valence-corrected chi connectivity index (χ3v) is 4.12. The maximum Gasteiger partial charge on any atom is 0.268 e. The minimum atomic E-state index is -0.626. The second kappa shape index (κ2) is 6.03. The number of H-pyrrole nitrogens is 1. The van der Waals surface area contributed by atoms with E-state index in [0.717, 1.165) is 5.69 Å². The SMILES string of the molecule is N#Cc1c(N)[nH]c(=O)c(C#N)c1-c1ccc(-n2ccnc2)c(Br)c1. The number of nitrogens with one attached hydrogen (secondary N) is 1. The van der Waals surface area contributed by atoms with Crippen molar-refractivity contribution in [3.8, 4) is 29.0 Å². The fourth-order valence-corrected chi connectivity index (χ4v) is 2.99. The smallest absolute Gasteiger partial charge is 0.268 e. The zero-order valence-electron chi connectivity index (χ0n) is 12.1. The van der Waals surface area contributed by atoms with Crippen LogP contribution in [0.5, 0.6) is 0 Å². The van der Waals surface area contributed by atoms with Crippen molar-refractivity contribution in [2.45, 2.75) is 0 Å². The van der Waals surface area contributed by atoms with E-state index in [0.29, 0.717) is 10.0 Å². The molecular formula is C16H9BrN6O. The number of rotatable bonds is 2. The van der Waals surface area contributed by atoms with Gasteiger partial charge in [-0.15, -0.1) is 0 Å². The van der Waals surface area contributed by atoms with Crippen LogP contribution < -0.4 is 11.3 Å². The first-order valence-electron chi connectivity index (χ1n) is 6.71. The van der Waals surface area contributed by atoms with Crippen LogP contribution in [-0.2, 0) is 0 Å². The highest BCUT2D eigenvalue weighted by atomic mass is 79.9. The molecule has 0 atom stereocenters. The molecule has 1 aromatic carbocycles. The number of aromatic amines is 1. The molecule has 0 unspecified atom stereocenters. The van der Waals surface area contributed by atoms with Crippen LogP contribution in [-0.4, -0.2) is 14.5 Å². The summed E-state index contributed by atoms with van der Waals surface area (Å²) in [5.41, 5.74) is 6.60. The second-order valence-corrected chi connectivity index (χ2v) is 5.71. The van der Waals surface area contributed by atoms with Gasteiger partial charge in [0, 0.05) is 22.4 Å². The lowest BCUT2D eigenvalue weighted by atomic mass is 9.96. The van der Waals surface area contributed by atoms with Gasteiger partial charge in [-0.1, -0.05) is 6.07 Å². The molecule has 0 aliphatic heterocycles. The maximum atomic E-state index is 12.0. The van der Waals surface area contributed by atoms with E-state index in [2.05, 4.69) is 25.9 Å². The molecule has 0 bridgehead atoms. The Hall–Kier alpha value is -3.36. The van der Waals surface area contributed by atoms with Gasteiger partial charge in [0.1, 0.15) is 29.1 Å². The predicted octanol–water partition coefficient (Wildman–Crippen LogP) is 2.32. The van der Waals surface area contributed by atoms with E-state index in [1.807, 2.05) is 12.1 Å². The number of hydrogen-bond acceptors (Lipinski definition) is 5. The van der Waals surface area contributed by atoms with E-state index >= 15 is 0 Å². The fraction of sp³-hybridized carbons (Fsp3) is 0. The van der Waals surface area contributed by atoms with Crippen LogP contribution in [0.15, 0.2) is 46.2 Å². The van der Waals surface area contributed by atoms with Crippen molar-refractivity contribution in [3.05, 3.63) is 62.9 Å². The Morgan fingerprint density at radius 2 is 2.00 bits per heavy atom. The Labute approximate surface area is 144 Å². The third-order valence-electron chi connectivity index (χ3n) is 3.49. The average molecular weight is 381 g/mol. The molecule has 0 saturated heterocycles. The number of aromatic nitrogens is 3. The first-order valence-corrected chi connectivity index (χ1v) is 7.50. The lowest BCUT2D eigenvalue weighted by Gasteiger charge is -2.11. The van der Waals surface area contributed by atoms with Gasteiger partial charge in [-0.2, -0.15) is 10.5 Å². The summed E-state index contributed by atoms with van der Waals surface area (Å²) < 4.78 is 2.51. The van der Waals surface area contributed by atoms with Gasteiger partial charge >= 0.3 is 0 Å². The van der Waals surface area contributed by atoms with Gasteiger partial charge in [-0.3, -0.25) is 4.79 Å². The zero-order valence-corrected chi connectivity index (χ0v) is 13.7. The molecule has 24 heavy (non-hydrogen) atoms. The molecule has 0 spiro atoms. The van der Waals surface area contributed by atoms with Crippen LogP contribution in [0.4, 0.5) is 5.82 Å². The first-order chi connectivity index (χ1) is 11.6. The molecule has 0 aliphatic rings. The molecule has 3 aromatic rings. The Kier molecular flexibility index (Phi) is 3.90. The summed E-state index contributed by atoms with van der Waals surface area (Å²) in [6, 6.07) is 9.03. The van der Waals surface area contributed by atoms with Gasteiger partial charge < -0.3 is 15.3 Å². The highest BCUT2D eigenvalue weighted by molar-refractivity contribution is 9.10. The summed E-state index contributed by atoms with van der Waals surface area (Å²) in [5, 5.41) is 18.7. The highest BCUT2D eigenvalue weighted by Crippen LogP contribution is 2.32. The van der Waals surface area contributed by atoms with E-state index in [1.165, 1.54) is 0 Å². The standard InChI is InChI=1S/C16H9BrN6O/c17-12-5-9(1-2-13(12)23-4-3-21-8-23)14-10(6-18)15(20)22-16(24)11(14)7-19/h1-5,8H,(H3,20,22,24). The van der Waals surface area contributed by atoms with Crippen LogP contribution >= 0.6 is 15.9 Å². The van der Waals surface area contributed by atoms with Crippen molar-refractivity contribution >= 4 is 21.7 Å². The Bertz CT molecular complexity index is 1070. The lowest BCUT2D eigenvalue weighted by molar-refractivity contribution is 1.05.